The van der Waals surface area contributed by atoms with Crippen LogP contribution in [-0.2, 0) is 0 Å². The molecule has 0 bridgehead atoms. The van der Waals surface area contributed by atoms with Gasteiger partial charge >= 0.3 is 0 Å². The van der Waals surface area contributed by atoms with Crippen LogP contribution in [0.3, 0.4) is 0 Å². The molecule has 0 radical (unpaired) electrons. The average Bonchev–Trinajstić information content (AvgIpc) is 2.67. The summed E-state index contributed by atoms with van der Waals surface area (Å²) < 4.78 is 0. The smallest absolute Gasteiger partial charge is 0.191 e. The molecule has 0 aromatic carbocycles. The second kappa shape index (κ2) is 6.68. The Bertz CT molecular complexity index is 177. The van der Waals surface area contributed by atoms with E-state index < -0.39 is 0 Å². The largest absolute Gasteiger partial charge is 0.355 e. The summed E-state index contributed by atoms with van der Waals surface area (Å²) in [4.78, 5) is 4.36. The van der Waals surface area contributed by atoms with Crippen molar-refractivity contribution in [2.45, 2.75) is 52.0 Å². The molecule has 1 unspecified atom stereocenters. The van der Waals surface area contributed by atoms with E-state index in [-0.39, 0.29) is 0 Å². The van der Waals surface area contributed by atoms with Gasteiger partial charge in [0, 0.05) is 12.6 Å². The molecule has 0 spiro atoms. The lowest BCUT2D eigenvalue weighted by Gasteiger charge is -2.18. The maximum absolute atomic E-state index is 4.36. The fourth-order valence-electron chi connectivity index (χ4n) is 1.78. The lowest BCUT2D eigenvalue weighted by Crippen LogP contribution is -2.41. The Kier molecular flexibility index (Phi) is 5.42. The van der Waals surface area contributed by atoms with Crippen LogP contribution in [0.25, 0.3) is 0 Å². The average molecular weight is 197 g/mol. The number of guanidine groups is 1. The molecule has 1 atom stereocenters. The van der Waals surface area contributed by atoms with Crippen LogP contribution in [0.4, 0.5) is 0 Å². The number of aliphatic imine (C=N–C) groups is 1. The van der Waals surface area contributed by atoms with Crippen molar-refractivity contribution in [2.75, 3.05) is 13.1 Å². The highest BCUT2D eigenvalue weighted by atomic mass is 15.2. The summed E-state index contributed by atoms with van der Waals surface area (Å²) in [5, 5.41) is 6.75. The van der Waals surface area contributed by atoms with Gasteiger partial charge in [-0.3, -0.25) is 4.99 Å². The summed E-state index contributed by atoms with van der Waals surface area (Å²) >= 11 is 0. The number of nitrogens with zero attached hydrogens (tertiary/aromatic N) is 1. The number of hydrogen-bond acceptors (Lipinski definition) is 3. The van der Waals surface area contributed by atoms with Crippen LogP contribution >= 0.6 is 0 Å². The van der Waals surface area contributed by atoms with E-state index >= 15 is 0 Å². The summed E-state index contributed by atoms with van der Waals surface area (Å²) in [6.07, 6.45) is 6.35. The minimum Gasteiger partial charge on any atom is -0.355 e. The number of rotatable bonds is 6. The van der Waals surface area contributed by atoms with Gasteiger partial charge in [-0.15, -0.1) is 0 Å². The minimum absolute atomic E-state index is 0.615. The van der Waals surface area contributed by atoms with E-state index in [1.165, 1.54) is 32.1 Å². The standard InChI is InChI=1S/C11H23N3/c1-3-5-7-10(6-4-2)14-11-12-8-9-13-11/h10H,3-9H2,1-2H3,(H2,12,13,14). The van der Waals surface area contributed by atoms with Crippen molar-refractivity contribution >= 4 is 5.96 Å². The summed E-state index contributed by atoms with van der Waals surface area (Å²) in [6.45, 7) is 6.41. The molecule has 82 valence electrons. The third-order valence-electron chi connectivity index (χ3n) is 2.56. The molecule has 0 amide bonds. The van der Waals surface area contributed by atoms with Crippen LogP contribution in [-0.4, -0.2) is 25.1 Å². The van der Waals surface area contributed by atoms with Crippen LogP contribution in [0.1, 0.15) is 46.0 Å². The van der Waals surface area contributed by atoms with Gasteiger partial charge in [0.2, 0.25) is 0 Å². The van der Waals surface area contributed by atoms with Gasteiger partial charge in [0.15, 0.2) is 5.96 Å². The lowest BCUT2D eigenvalue weighted by molar-refractivity contribution is 0.491. The van der Waals surface area contributed by atoms with E-state index in [4.69, 9.17) is 0 Å². The van der Waals surface area contributed by atoms with E-state index in [0.717, 1.165) is 19.0 Å². The first-order valence-corrected chi connectivity index (χ1v) is 5.91. The maximum Gasteiger partial charge on any atom is 0.191 e. The molecular weight excluding hydrogens is 174 g/mol. The van der Waals surface area contributed by atoms with Gasteiger partial charge in [0.1, 0.15) is 0 Å². The molecule has 0 aromatic heterocycles. The minimum atomic E-state index is 0.615. The quantitative estimate of drug-likeness (QED) is 0.682. The van der Waals surface area contributed by atoms with Crippen molar-refractivity contribution in [3.05, 3.63) is 0 Å². The van der Waals surface area contributed by atoms with Crippen molar-refractivity contribution in [3.63, 3.8) is 0 Å². The van der Waals surface area contributed by atoms with Crippen LogP contribution < -0.4 is 10.6 Å². The van der Waals surface area contributed by atoms with Crippen LogP contribution in [0.5, 0.6) is 0 Å². The summed E-state index contributed by atoms with van der Waals surface area (Å²) in [5.41, 5.74) is 0. The molecule has 0 aliphatic carbocycles. The Morgan fingerprint density at radius 1 is 1.36 bits per heavy atom. The molecule has 0 fully saturated rings. The molecule has 3 nitrogen and oxygen atoms in total. The second-order valence-electron chi connectivity index (χ2n) is 3.93. The van der Waals surface area contributed by atoms with Gasteiger partial charge in [-0.05, 0) is 12.8 Å². The molecule has 0 aromatic rings. The molecule has 3 heteroatoms. The second-order valence-corrected chi connectivity index (χ2v) is 3.93. The molecule has 2 N–H and O–H groups in total. The van der Waals surface area contributed by atoms with Crippen molar-refractivity contribution in [1.82, 2.24) is 10.6 Å². The van der Waals surface area contributed by atoms with Crippen molar-refractivity contribution in [3.8, 4) is 0 Å². The third-order valence-corrected chi connectivity index (χ3v) is 2.56. The zero-order valence-electron chi connectivity index (χ0n) is 9.47. The Hall–Kier alpha value is -0.730. The van der Waals surface area contributed by atoms with E-state index in [2.05, 4.69) is 29.5 Å². The fourth-order valence-corrected chi connectivity index (χ4v) is 1.78. The van der Waals surface area contributed by atoms with Gasteiger partial charge < -0.3 is 10.6 Å². The Balaban J connectivity index is 2.26. The predicted molar refractivity (Wildman–Crippen MR) is 61.7 cm³/mol. The van der Waals surface area contributed by atoms with Crippen molar-refractivity contribution < 1.29 is 0 Å². The van der Waals surface area contributed by atoms with Gasteiger partial charge in [0.05, 0.1) is 6.54 Å². The SMILES string of the molecule is CCCCC(CCC)NC1=NCCN1. The Labute approximate surface area is 87.4 Å². The number of unbranched alkanes of at least 4 members (excludes halogenated alkanes) is 1. The zero-order chi connectivity index (χ0) is 10.2. The Morgan fingerprint density at radius 3 is 2.79 bits per heavy atom. The first kappa shape index (κ1) is 11.3. The van der Waals surface area contributed by atoms with Gasteiger partial charge in [-0.1, -0.05) is 33.1 Å². The highest BCUT2D eigenvalue weighted by molar-refractivity contribution is 5.81. The van der Waals surface area contributed by atoms with Gasteiger partial charge in [0.25, 0.3) is 0 Å². The summed E-state index contributed by atoms with van der Waals surface area (Å²) in [6, 6.07) is 0.615. The summed E-state index contributed by atoms with van der Waals surface area (Å²) in [7, 11) is 0. The first-order valence-electron chi connectivity index (χ1n) is 5.91. The van der Waals surface area contributed by atoms with Crippen LogP contribution in [0.15, 0.2) is 4.99 Å². The molecular formula is C11H23N3. The molecule has 1 aliphatic rings. The number of nitrogens with one attached hydrogen (secondary N) is 2. The zero-order valence-corrected chi connectivity index (χ0v) is 9.47. The Morgan fingerprint density at radius 2 is 2.21 bits per heavy atom. The molecule has 1 rings (SSSR count). The monoisotopic (exact) mass is 197 g/mol. The fraction of sp³-hybridized carbons (Fsp3) is 0.909. The highest BCUT2D eigenvalue weighted by Crippen LogP contribution is 2.06. The maximum atomic E-state index is 4.36. The molecule has 1 aliphatic heterocycles. The molecule has 0 saturated heterocycles. The van der Waals surface area contributed by atoms with Crippen LogP contribution in [0.2, 0.25) is 0 Å². The molecule has 14 heavy (non-hydrogen) atoms. The van der Waals surface area contributed by atoms with E-state index in [1.807, 2.05) is 0 Å². The third kappa shape index (κ3) is 3.99. The lowest BCUT2D eigenvalue weighted by atomic mass is 10.1. The van der Waals surface area contributed by atoms with E-state index in [9.17, 15) is 0 Å². The van der Waals surface area contributed by atoms with Crippen molar-refractivity contribution in [1.29, 1.82) is 0 Å². The topological polar surface area (TPSA) is 36.4 Å². The predicted octanol–water partition coefficient (Wildman–Crippen LogP) is 1.89. The molecule has 0 saturated carbocycles. The highest BCUT2D eigenvalue weighted by Gasteiger charge is 2.11. The van der Waals surface area contributed by atoms with Gasteiger partial charge in [-0.25, -0.2) is 0 Å². The van der Waals surface area contributed by atoms with E-state index in [0.29, 0.717) is 6.04 Å². The van der Waals surface area contributed by atoms with Crippen molar-refractivity contribution in [2.24, 2.45) is 4.99 Å². The van der Waals surface area contributed by atoms with E-state index in [1.54, 1.807) is 0 Å². The normalized spacial score (nSPS) is 17.4. The number of hydrogen-bond donors (Lipinski definition) is 2. The van der Waals surface area contributed by atoms with Gasteiger partial charge in [-0.2, -0.15) is 0 Å². The first-order chi connectivity index (χ1) is 6.86. The summed E-state index contributed by atoms with van der Waals surface area (Å²) in [5.74, 6) is 1.01. The molecule has 1 heterocycles. The van der Waals surface area contributed by atoms with Crippen LogP contribution in [0, 0.1) is 0 Å².